The maximum atomic E-state index is 11.8. The number of carbonyl (C=O) groups is 1. The van der Waals surface area contributed by atoms with E-state index in [2.05, 4.69) is 20.7 Å². The Morgan fingerprint density at radius 2 is 1.60 bits per heavy atom. The van der Waals surface area contributed by atoms with E-state index >= 15 is 0 Å². The highest BCUT2D eigenvalue weighted by Crippen LogP contribution is 2.37. The second-order valence-corrected chi connectivity index (χ2v) is 13.9. The zero-order chi connectivity index (χ0) is 30.0. The molecule has 2 aromatic rings. The van der Waals surface area contributed by atoms with Crippen LogP contribution < -0.4 is 10.6 Å². The first-order valence-corrected chi connectivity index (χ1v) is 16.8. The van der Waals surface area contributed by atoms with Crippen molar-refractivity contribution in [2.45, 2.75) is 141 Å². The molecule has 2 N–H and O–H groups in total. The molecule has 2 fully saturated rings. The lowest BCUT2D eigenvalue weighted by Crippen LogP contribution is -2.37. The smallest absolute Gasteiger partial charge is 0.306 e. The van der Waals surface area contributed by atoms with Crippen molar-refractivity contribution < 1.29 is 9.53 Å². The maximum absolute atomic E-state index is 11.8. The largest absolute Gasteiger partial charge is 0.460 e. The monoisotopic (exact) mass is 600 g/mol. The molecule has 2 aliphatic carbocycles. The Bertz CT molecular complexity index is 1120. The van der Waals surface area contributed by atoms with Gasteiger partial charge in [-0.3, -0.25) is 9.48 Å². The molecule has 0 spiro atoms. The molecule has 42 heavy (non-hydrogen) atoms. The zero-order valence-corrected chi connectivity index (χ0v) is 27.1. The molecule has 2 aromatic heterocycles. The Balaban J connectivity index is 1.05. The van der Waals surface area contributed by atoms with Gasteiger partial charge in [0.05, 0.1) is 23.1 Å². The van der Waals surface area contributed by atoms with Gasteiger partial charge in [0.1, 0.15) is 5.60 Å². The number of aryl methyl sites for hydroxylation is 1. The van der Waals surface area contributed by atoms with Crippen molar-refractivity contribution in [3.63, 3.8) is 0 Å². The number of esters is 1. The quantitative estimate of drug-likeness (QED) is 0.142. The van der Waals surface area contributed by atoms with Gasteiger partial charge in [0.15, 0.2) is 0 Å². The van der Waals surface area contributed by atoms with Gasteiger partial charge in [-0.1, -0.05) is 50.1 Å². The molecule has 0 aliphatic heterocycles. The fourth-order valence-corrected chi connectivity index (χ4v) is 6.09. The van der Waals surface area contributed by atoms with Crippen LogP contribution in [0.4, 0.5) is 5.95 Å². The fourth-order valence-electron chi connectivity index (χ4n) is 5.90. The van der Waals surface area contributed by atoms with E-state index in [4.69, 9.17) is 21.3 Å². The average Bonchev–Trinajstić information content (AvgIpc) is 3.69. The summed E-state index contributed by atoms with van der Waals surface area (Å²) >= 11 is 6.55. The van der Waals surface area contributed by atoms with E-state index in [-0.39, 0.29) is 11.6 Å². The third-order valence-electron chi connectivity index (χ3n) is 8.46. The average molecular weight is 601 g/mol. The van der Waals surface area contributed by atoms with Crippen molar-refractivity contribution in [1.29, 1.82) is 0 Å². The molecule has 0 aromatic carbocycles. The Morgan fingerprint density at radius 1 is 0.952 bits per heavy atom. The number of rotatable bonds is 17. The third kappa shape index (κ3) is 11.1. The van der Waals surface area contributed by atoms with Crippen LogP contribution >= 0.6 is 11.6 Å². The number of nitrogens with one attached hydrogen (secondary N) is 2. The van der Waals surface area contributed by atoms with Gasteiger partial charge in [-0.2, -0.15) is 5.10 Å². The van der Waals surface area contributed by atoms with Gasteiger partial charge < -0.3 is 15.4 Å². The Hall–Kier alpha value is -2.19. The molecule has 2 aliphatic rings. The van der Waals surface area contributed by atoms with Crippen molar-refractivity contribution >= 4 is 23.5 Å². The topological polar surface area (TPSA) is 94.0 Å². The van der Waals surface area contributed by atoms with Crippen molar-refractivity contribution in [3.8, 4) is 11.3 Å². The molecule has 0 saturated heterocycles. The molecule has 0 unspecified atom stereocenters. The van der Waals surface area contributed by atoms with Crippen LogP contribution in [0.3, 0.4) is 0 Å². The number of aromatic nitrogens is 4. The van der Waals surface area contributed by atoms with Gasteiger partial charge in [-0.05, 0) is 91.0 Å². The molecule has 9 heteroatoms. The van der Waals surface area contributed by atoms with Crippen molar-refractivity contribution in [2.75, 3.05) is 11.9 Å². The third-order valence-corrected chi connectivity index (χ3v) is 8.74. The van der Waals surface area contributed by atoms with Crippen LogP contribution in [-0.2, 0) is 23.0 Å². The minimum Gasteiger partial charge on any atom is -0.460 e. The second kappa shape index (κ2) is 16.0. The molecule has 2 saturated carbocycles. The predicted molar refractivity (Wildman–Crippen MR) is 171 cm³/mol. The van der Waals surface area contributed by atoms with E-state index in [1.807, 2.05) is 38.7 Å². The zero-order valence-electron chi connectivity index (χ0n) is 26.4. The van der Waals surface area contributed by atoms with Crippen LogP contribution in [0, 0.1) is 5.92 Å². The number of hydrogen-bond donors (Lipinski definition) is 2. The Labute approximate surface area is 258 Å². The predicted octanol–water partition coefficient (Wildman–Crippen LogP) is 7.65. The number of halogens is 1. The first-order valence-electron chi connectivity index (χ1n) is 16.4. The summed E-state index contributed by atoms with van der Waals surface area (Å²) < 4.78 is 7.33. The summed E-state index contributed by atoms with van der Waals surface area (Å²) in [5.41, 5.74) is 2.65. The second-order valence-electron chi connectivity index (χ2n) is 13.5. The van der Waals surface area contributed by atoms with E-state index < -0.39 is 0 Å². The van der Waals surface area contributed by atoms with Crippen LogP contribution in [0.25, 0.3) is 11.3 Å². The Morgan fingerprint density at radius 3 is 2.26 bits per heavy atom. The van der Waals surface area contributed by atoms with Crippen LogP contribution in [-0.4, -0.2) is 49.9 Å². The first-order chi connectivity index (χ1) is 20.2. The minimum atomic E-state index is -0.374. The van der Waals surface area contributed by atoms with E-state index in [1.54, 1.807) is 6.20 Å². The summed E-state index contributed by atoms with van der Waals surface area (Å²) in [4.78, 5) is 21.1. The molecule has 0 radical (unpaired) electrons. The summed E-state index contributed by atoms with van der Waals surface area (Å²) in [7, 11) is 2.00. The molecule has 2 heterocycles. The first kappa shape index (κ1) is 32.7. The normalized spacial score (nSPS) is 19.2. The van der Waals surface area contributed by atoms with Crippen molar-refractivity contribution in [2.24, 2.45) is 13.0 Å². The van der Waals surface area contributed by atoms with E-state index in [9.17, 15) is 4.79 Å². The maximum Gasteiger partial charge on any atom is 0.306 e. The summed E-state index contributed by atoms with van der Waals surface area (Å²) in [5.74, 6) is 1.36. The van der Waals surface area contributed by atoms with Gasteiger partial charge in [0.2, 0.25) is 5.95 Å². The van der Waals surface area contributed by atoms with Crippen LogP contribution in [0.5, 0.6) is 0 Å². The molecular formula is C33H53ClN6O2. The summed E-state index contributed by atoms with van der Waals surface area (Å²) in [5, 5.41) is 12.4. The van der Waals surface area contributed by atoms with Crippen LogP contribution in [0.15, 0.2) is 12.4 Å². The van der Waals surface area contributed by atoms with E-state index in [1.165, 1.54) is 69.9 Å². The van der Waals surface area contributed by atoms with Gasteiger partial charge in [-0.25, -0.2) is 9.97 Å². The van der Waals surface area contributed by atoms with Crippen molar-refractivity contribution in [3.05, 3.63) is 23.1 Å². The highest BCUT2D eigenvalue weighted by atomic mass is 35.5. The molecular weight excluding hydrogens is 548 g/mol. The molecule has 0 atom stereocenters. The summed E-state index contributed by atoms with van der Waals surface area (Å²) in [6, 6.07) is 0.996. The lowest BCUT2D eigenvalue weighted by atomic mass is 9.91. The number of ether oxygens (including phenoxy) is 1. The van der Waals surface area contributed by atoms with Gasteiger partial charge in [0, 0.05) is 36.8 Å². The molecule has 0 amide bonds. The number of anilines is 1. The van der Waals surface area contributed by atoms with Gasteiger partial charge in [0.25, 0.3) is 0 Å². The SMILES string of the molecule is Cn1ncc(-c2nc(NC3CCC(NCCCCCCCCCCC(=O)OC(C)(C)C)CC3)ncc2Cl)c1CC1CC1. The lowest BCUT2D eigenvalue weighted by molar-refractivity contribution is -0.154. The molecule has 234 valence electrons. The van der Waals surface area contributed by atoms with E-state index in [0.717, 1.165) is 55.8 Å². The minimum absolute atomic E-state index is 0.0667. The van der Waals surface area contributed by atoms with Crippen LogP contribution in [0.2, 0.25) is 5.02 Å². The number of unbranched alkanes of at least 4 members (excludes halogenated alkanes) is 7. The van der Waals surface area contributed by atoms with Crippen molar-refractivity contribution in [1.82, 2.24) is 25.1 Å². The van der Waals surface area contributed by atoms with Gasteiger partial charge in [-0.15, -0.1) is 0 Å². The number of hydrogen-bond acceptors (Lipinski definition) is 7. The lowest BCUT2D eigenvalue weighted by Gasteiger charge is -2.30. The Kier molecular flexibility index (Phi) is 12.5. The van der Waals surface area contributed by atoms with Gasteiger partial charge >= 0.3 is 5.97 Å². The number of carbonyl (C=O) groups excluding carboxylic acids is 1. The highest BCUT2D eigenvalue weighted by molar-refractivity contribution is 6.32. The highest BCUT2D eigenvalue weighted by Gasteiger charge is 2.27. The summed E-state index contributed by atoms with van der Waals surface area (Å²) in [6.45, 7) is 6.87. The van der Waals surface area contributed by atoms with Crippen LogP contribution in [0.1, 0.15) is 123 Å². The molecule has 4 rings (SSSR count). The summed E-state index contributed by atoms with van der Waals surface area (Å²) in [6.07, 6.45) is 22.0. The molecule has 0 bridgehead atoms. The van der Waals surface area contributed by atoms with E-state index in [0.29, 0.717) is 29.5 Å². The molecule has 8 nitrogen and oxygen atoms in total. The number of nitrogens with zero attached hydrogens (tertiary/aromatic N) is 4. The fraction of sp³-hybridized carbons (Fsp3) is 0.758. The standard InChI is InChI=1S/C33H53ClN6O2/c1-33(2,3)42-30(41)13-11-9-7-5-6-8-10-12-20-35-25-16-18-26(19-17-25)38-32-36-23-28(34)31(39-32)27-22-37-40(4)29(27)21-24-14-15-24/h22-26,35H,5-21H2,1-4H3,(H,36,38,39).